The van der Waals surface area contributed by atoms with E-state index in [1.807, 2.05) is 0 Å². The Balaban J connectivity index is 3.17. The summed E-state index contributed by atoms with van der Waals surface area (Å²) in [5, 5.41) is 0. The Labute approximate surface area is 38.3 Å². The topological polar surface area (TPSA) is 40.5 Å². The average Bonchev–Trinajstić information content (AvgIpc) is 1.35. The molecule has 0 aromatic rings. The standard InChI is InChI=1S/C3H11O2P/c1-3-6(2,4)5/h4-6H,3H2,1-2H3. The number of rotatable bonds is 1. The van der Waals surface area contributed by atoms with E-state index >= 15 is 0 Å². The fourth-order valence-corrected chi connectivity index (χ4v) is 0. The number of hydrogen-bond donors (Lipinski definition) is 2. The fraction of sp³-hybridized carbons (Fsp3) is 1.00. The Hall–Kier alpha value is 0.350. The van der Waals surface area contributed by atoms with Crippen LogP contribution in [0.5, 0.6) is 0 Å². The molecule has 0 aromatic heterocycles. The van der Waals surface area contributed by atoms with Crippen LogP contribution >= 0.6 is 7.72 Å². The first kappa shape index (κ1) is 6.35. The van der Waals surface area contributed by atoms with Gasteiger partial charge in [0.05, 0.1) is 0 Å². The third-order valence-electron chi connectivity index (χ3n) is 0.670. The third-order valence-corrected chi connectivity index (χ3v) is 2.01. The molecule has 0 bridgehead atoms. The van der Waals surface area contributed by atoms with Crippen molar-refractivity contribution in [1.82, 2.24) is 0 Å². The molecular weight excluding hydrogens is 99.0 g/mol. The van der Waals surface area contributed by atoms with Gasteiger partial charge in [-0.2, -0.15) is 0 Å². The van der Waals surface area contributed by atoms with Gasteiger partial charge in [-0.3, -0.25) is 0 Å². The second-order valence-electron chi connectivity index (χ2n) is 1.57. The molecular formula is C3H11O2P. The molecule has 0 saturated carbocycles. The van der Waals surface area contributed by atoms with Crippen molar-refractivity contribution in [2.45, 2.75) is 6.92 Å². The Bertz CT molecular complexity index is 38.5. The molecule has 2 N–H and O–H groups in total. The second kappa shape index (κ2) is 1.87. The van der Waals surface area contributed by atoms with Crippen LogP contribution in [0.3, 0.4) is 0 Å². The van der Waals surface area contributed by atoms with E-state index < -0.39 is 7.72 Å². The van der Waals surface area contributed by atoms with Gasteiger partial charge in [0.25, 0.3) is 0 Å². The Morgan fingerprint density at radius 2 is 1.67 bits per heavy atom. The molecule has 0 unspecified atom stereocenters. The summed E-state index contributed by atoms with van der Waals surface area (Å²) in [5.74, 6) is 0. The molecule has 6 heavy (non-hydrogen) atoms. The van der Waals surface area contributed by atoms with Crippen LogP contribution in [0.1, 0.15) is 6.92 Å². The summed E-state index contributed by atoms with van der Waals surface area (Å²) in [7, 11) is -2.63. The Morgan fingerprint density at radius 3 is 1.67 bits per heavy atom. The molecule has 40 valence electrons. The van der Waals surface area contributed by atoms with Crippen molar-refractivity contribution >= 4 is 7.72 Å². The van der Waals surface area contributed by atoms with Crippen LogP contribution in [0, 0.1) is 0 Å². The first-order chi connectivity index (χ1) is 2.56. The molecule has 0 aliphatic carbocycles. The van der Waals surface area contributed by atoms with Crippen LogP contribution < -0.4 is 0 Å². The minimum absolute atomic E-state index is 0.521. The van der Waals surface area contributed by atoms with Gasteiger partial charge in [-0.1, -0.05) is 0 Å². The molecule has 0 amide bonds. The first-order valence-electron chi connectivity index (χ1n) is 2.01. The number of hydrogen-bond acceptors (Lipinski definition) is 2. The van der Waals surface area contributed by atoms with E-state index in [0.29, 0.717) is 6.16 Å². The molecule has 2 nitrogen and oxygen atoms in total. The molecule has 3 heteroatoms. The van der Waals surface area contributed by atoms with Gasteiger partial charge in [0.1, 0.15) is 0 Å². The molecule has 0 spiro atoms. The monoisotopic (exact) mass is 110 g/mol. The normalized spacial score (nSPS) is 14.7. The molecule has 0 atom stereocenters. The van der Waals surface area contributed by atoms with E-state index in [2.05, 4.69) is 0 Å². The fourth-order valence-electron chi connectivity index (χ4n) is 0. The summed E-state index contributed by atoms with van der Waals surface area (Å²) in [6.07, 6.45) is 0.521. The van der Waals surface area contributed by atoms with Gasteiger partial charge in [-0.15, -0.1) is 0 Å². The predicted molar refractivity (Wildman–Crippen MR) is 29.2 cm³/mol. The maximum absolute atomic E-state index is 8.52. The van der Waals surface area contributed by atoms with E-state index in [4.69, 9.17) is 9.79 Å². The average molecular weight is 110 g/mol. The summed E-state index contributed by atoms with van der Waals surface area (Å²) in [6.45, 7) is 3.26. The Kier molecular flexibility index (Phi) is 1.98. The van der Waals surface area contributed by atoms with Crippen LogP contribution in [0.15, 0.2) is 0 Å². The van der Waals surface area contributed by atoms with E-state index in [9.17, 15) is 0 Å². The summed E-state index contributed by atoms with van der Waals surface area (Å²) >= 11 is 0. The van der Waals surface area contributed by atoms with Crippen molar-refractivity contribution in [3.8, 4) is 0 Å². The quantitative estimate of drug-likeness (QED) is 0.473. The molecule has 0 fully saturated rings. The molecule has 0 rings (SSSR count). The van der Waals surface area contributed by atoms with Crippen LogP contribution in [0.2, 0.25) is 0 Å². The zero-order chi connectivity index (χ0) is 5.21. The van der Waals surface area contributed by atoms with E-state index in [1.54, 1.807) is 6.92 Å². The molecule has 0 aliphatic heterocycles. The van der Waals surface area contributed by atoms with Crippen molar-refractivity contribution in [1.29, 1.82) is 0 Å². The summed E-state index contributed by atoms with van der Waals surface area (Å²) in [4.78, 5) is 17.0. The first-order valence-corrected chi connectivity index (χ1v) is 4.61. The van der Waals surface area contributed by atoms with Gasteiger partial charge in [0, 0.05) is 0 Å². The molecule has 0 radical (unpaired) electrons. The van der Waals surface area contributed by atoms with Gasteiger partial charge in [0.2, 0.25) is 0 Å². The van der Waals surface area contributed by atoms with Crippen LogP contribution in [0.25, 0.3) is 0 Å². The van der Waals surface area contributed by atoms with Gasteiger partial charge in [-0.05, 0) is 0 Å². The molecule has 0 saturated heterocycles. The zero-order valence-corrected chi connectivity index (χ0v) is 5.10. The molecule has 0 heterocycles. The molecule has 0 aliphatic rings. The van der Waals surface area contributed by atoms with Gasteiger partial charge < -0.3 is 0 Å². The van der Waals surface area contributed by atoms with Crippen molar-refractivity contribution < 1.29 is 9.79 Å². The Morgan fingerprint density at radius 1 is 1.50 bits per heavy atom. The summed E-state index contributed by atoms with van der Waals surface area (Å²) in [6, 6.07) is 0. The van der Waals surface area contributed by atoms with E-state index in [1.165, 1.54) is 6.66 Å². The SMILES string of the molecule is CC[PH](C)(O)O. The predicted octanol–water partition coefficient (Wildman–Crippen LogP) is 0.201. The maximum atomic E-state index is 8.52. The van der Waals surface area contributed by atoms with Gasteiger partial charge in [0.15, 0.2) is 0 Å². The van der Waals surface area contributed by atoms with Crippen LogP contribution in [-0.2, 0) is 0 Å². The summed E-state index contributed by atoms with van der Waals surface area (Å²) < 4.78 is 0. The van der Waals surface area contributed by atoms with Crippen molar-refractivity contribution in [3.63, 3.8) is 0 Å². The van der Waals surface area contributed by atoms with E-state index in [0.717, 1.165) is 0 Å². The second-order valence-corrected chi connectivity index (χ2v) is 4.71. The van der Waals surface area contributed by atoms with Crippen molar-refractivity contribution in [2.75, 3.05) is 12.8 Å². The van der Waals surface area contributed by atoms with Crippen molar-refractivity contribution in [2.24, 2.45) is 0 Å². The zero-order valence-electron chi connectivity index (χ0n) is 4.10. The van der Waals surface area contributed by atoms with Crippen LogP contribution in [0.4, 0.5) is 0 Å². The van der Waals surface area contributed by atoms with Crippen LogP contribution in [-0.4, -0.2) is 22.6 Å². The summed E-state index contributed by atoms with van der Waals surface area (Å²) in [5.41, 5.74) is 0. The van der Waals surface area contributed by atoms with E-state index in [-0.39, 0.29) is 0 Å². The minimum atomic E-state index is -2.63. The molecule has 0 aromatic carbocycles. The van der Waals surface area contributed by atoms with Crippen molar-refractivity contribution in [3.05, 3.63) is 0 Å². The van der Waals surface area contributed by atoms with Gasteiger partial charge in [-0.25, -0.2) is 0 Å². The third kappa shape index (κ3) is 4.35. The van der Waals surface area contributed by atoms with Gasteiger partial charge >= 0.3 is 37.3 Å².